The Morgan fingerprint density at radius 2 is 2.17 bits per heavy atom. The van der Waals surface area contributed by atoms with Gasteiger partial charge in [0.05, 0.1) is 3.79 Å². The quantitative estimate of drug-likeness (QED) is 0.669. The lowest BCUT2D eigenvalue weighted by Gasteiger charge is -2.11. The first kappa shape index (κ1) is 20.0. The monoisotopic (exact) mass is 418 g/mol. The summed E-state index contributed by atoms with van der Waals surface area (Å²) in [5, 5.41) is 4.89. The van der Waals surface area contributed by atoms with E-state index in [1.807, 2.05) is 24.4 Å². The van der Waals surface area contributed by atoms with E-state index in [2.05, 4.69) is 21.2 Å². The molecule has 0 unspecified atom stereocenters. The van der Waals surface area contributed by atoms with Gasteiger partial charge in [-0.2, -0.15) is 0 Å². The van der Waals surface area contributed by atoms with E-state index >= 15 is 0 Å². The number of thiophene rings is 1. The third-order valence-corrected chi connectivity index (χ3v) is 4.69. The Morgan fingerprint density at radius 3 is 2.83 bits per heavy atom. The van der Waals surface area contributed by atoms with E-state index in [-0.39, 0.29) is 18.3 Å². The fourth-order valence-electron chi connectivity index (χ4n) is 1.89. The van der Waals surface area contributed by atoms with Crippen molar-refractivity contribution in [3.8, 4) is 5.75 Å². The molecule has 1 heterocycles. The molecule has 23 heavy (non-hydrogen) atoms. The summed E-state index contributed by atoms with van der Waals surface area (Å²) in [6, 6.07) is 7.52. The average molecular weight is 420 g/mol. The zero-order valence-corrected chi connectivity index (χ0v) is 16.0. The summed E-state index contributed by atoms with van der Waals surface area (Å²) < 4.78 is 6.92. The third-order valence-electron chi connectivity index (χ3n) is 3.13. The molecule has 4 nitrogen and oxygen atoms in total. The van der Waals surface area contributed by atoms with Gasteiger partial charge in [0.25, 0.3) is 5.91 Å². The summed E-state index contributed by atoms with van der Waals surface area (Å²) in [5.41, 5.74) is 8.13. The fraction of sp³-hybridized carbons (Fsp3) is 0.312. The van der Waals surface area contributed by atoms with Gasteiger partial charge in [0, 0.05) is 17.7 Å². The number of hydrogen-bond acceptors (Lipinski definition) is 4. The molecule has 0 atom stereocenters. The lowest BCUT2D eigenvalue weighted by molar-refractivity contribution is 0.0953. The van der Waals surface area contributed by atoms with E-state index in [0.29, 0.717) is 25.3 Å². The normalized spacial score (nSPS) is 10.0. The van der Waals surface area contributed by atoms with Crippen LogP contribution < -0.4 is 15.8 Å². The number of hydrogen-bond donors (Lipinski definition) is 2. The maximum absolute atomic E-state index is 12.0. The smallest absolute Gasteiger partial charge is 0.251 e. The van der Waals surface area contributed by atoms with Gasteiger partial charge in [0.15, 0.2) is 0 Å². The minimum Gasteiger partial charge on any atom is -0.489 e. The van der Waals surface area contributed by atoms with E-state index in [0.717, 1.165) is 27.1 Å². The lowest BCUT2D eigenvalue weighted by Crippen LogP contribution is -2.25. The van der Waals surface area contributed by atoms with Crippen molar-refractivity contribution in [3.05, 3.63) is 50.1 Å². The van der Waals surface area contributed by atoms with Crippen LogP contribution in [-0.2, 0) is 6.61 Å². The van der Waals surface area contributed by atoms with Crippen molar-refractivity contribution in [2.45, 2.75) is 20.0 Å². The summed E-state index contributed by atoms with van der Waals surface area (Å²) in [4.78, 5) is 12.0. The molecule has 0 aliphatic heterocycles. The van der Waals surface area contributed by atoms with Crippen LogP contribution in [0.25, 0.3) is 0 Å². The van der Waals surface area contributed by atoms with Gasteiger partial charge in [-0.1, -0.05) is 6.07 Å². The molecule has 0 radical (unpaired) electrons. The number of nitrogens with one attached hydrogen (secondary N) is 1. The van der Waals surface area contributed by atoms with Gasteiger partial charge in [-0.3, -0.25) is 4.79 Å². The number of ether oxygens (including phenoxy) is 1. The molecule has 1 amide bonds. The van der Waals surface area contributed by atoms with Gasteiger partial charge in [0.2, 0.25) is 0 Å². The Labute approximate surface area is 155 Å². The van der Waals surface area contributed by atoms with Crippen LogP contribution in [0.1, 0.15) is 27.9 Å². The summed E-state index contributed by atoms with van der Waals surface area (Å²) in [6.07, 6.45) is 0.772. The first-order valence-electron chi connectivity index (χ1n) is 7.05. The van der Waals surface area contributed by atoms with E-state index in [1.165, 1.54) is 0 Å². The van der Waals surface area contributed by atoms with Crippen LogP contribution in [0.3, 0.4) is 0 Å². The van der Waals surface area contributed by atoms with Gasteiger partial charge in [-0.15, -0.1) is 23.7 Å². The summed E-state index contributed by atoms with van der Waals surface area (Å²) in [5.74, 6) is 0.630. The maximum atomic E-state index is 12.0. The molecule has 0 saturated carbocycles. The van der Waals surface area contributed by atoms with Crippen molar-refractivity contribution >= 4 is 45.6 Å². The molecule has 1 aromatic carbocycles. The summed E-state index contributed by atoms with van der Waals surface area (Å²) in [6.45, 7) is 3.61. The van der Waals surface area contributed by atoms with Gasteiger partial charge in [-0.25, -0.2) is 0 Å². The Hall–Kier alpha value is -1.08. The molecule has 0 aliphatic rings. The van der Waals surface area contributed by atoms with Crippen LogP contribution in [0.15, 0.2) is 33.4 Å². The van der Waals surface area contributed by atoms with Crippen molar-refractivity contribution in [1.82, 2.24) is 5.32 Å². The molecule has 0 spiro atoms. The molecule has 0 fully saturated rings. The van der Waals surface area contributed by atoms with Gasteiger partial charge in [0.1, 0.15) is 12.4 Å². The Bertz CT molecular complexity index is 649. The first-order valence-corrected chi connectivity index (χ1v) is 8.72. The fourth-order valence-corrected chi connectivity index (χ4v) is 3.08. The molecule has 7 heteroatoms. The molecule has 126 valence electrons. The molecular weight excluding hydrogens is 400 g/mol. The second-order valence-corrected chi connectivity index (χ2v) is 7.22. The second-order valence-electron chi connectivity index (χ2n) is 4.93. The highest BCUT2D eigenvalue weighted by molar-refractivity contribution is 9.11. The molecule has 2 rings (SSSR count). The van der Waals surface area contributed by atoms with E-state index < -0.39 is 0 Å². The summed E-state index contributed by atoms with van der Waals surface area (Å²) in [7, 11) is 0. The molecule has 2 aromatic rings. The predicted molar refractivity (Wildman–Crippen MR) is 101 cm³/mol. The largest absolute Gasteiger partial charge is 0.489 e. The minimum atomic E-state index is -0.100. The number of carbonyl (C=O) groups is 1. The molecule has 1 aromatic heterocycles. The van der Waals surface area contributed by atoms with Crippen LogP contribution in [0.4, 0.5) is 0 Å². The van der Waals surface area contributed by atoms with E-state index in [4.69, 9.17) is 10.5 Å². The number of carbonyl (C=O) groups excluding carboxylic acids is 1. The minimum absolute atomic E-state index is 0. The van der Waals surface area contributed by atoms with Crippen LogP contribution in [0.2, 0.25) is 0 Å². The zero-order chi connectivity index (χ0) is 15.9. The van der Waals surface area contributed by atoms with E-state index in [1.54, 1.807) is 23.5 Å². The molecular formula is C16H20BrClN2O2S. The molecule has 3 N–H and O–H groups in total. The van der Waals surface area contributed by atoms with Crippen LogP contribution in [-0.4, -0.2) is 19.0 Å². The van der Waals surface area contributed by atoms with Crippen LogP contribution in [0.5, 0.6) is 5.75 Å². The maximum Gasteiger partial charge on any atom is 0.251 e. The van der Waals surface area contributed by atoms with Gasteiger partial charge < -0.3 is 15.8 Å². The van der Waals surface area contributed by atoms with Gasteiger partial charge >= 0.3 is 0 Å². The number of benzene rings is 1. The van der Waals surface area contributed by atoms with E-state index in [9.17, 15) is 4.79 Å². The average Bonchev–Trinajstić information content (AvgIpc) is 2.92. The molecule has 0 aliphatic carbocycles. The van der Waals surface area contributed by atoms with Crippen LogP contribution in [0, 0.1) is 6.92 Å². The number of aryl methyl sites for hydroxylation is 1. The number of rotatable bonds is 7. The van der Waals surface area contributed by atoms with Crippen molar-refractivity contribution < 1.29 is 9.53 Å². The first-order chi connectivity index (χ1) is 10.6. The standard InChI is InChI=1S/C16H19BrN2O2S.ClH/c1-11-3-4-13(16(20)19-6-2-5-18)8-14(11)21-9-12-7-15(17)22-10-12;/h3-4,7-8,10H,2,5-6,9,18H2,1H3,(H,19,20);1H. The lowest BCUT2D eigenvalue weighted by atomic mass is 10.1. The summed E-state index contributed by atoms with van der Waals surface area (Å²) >= 11 is 5.06. The van der Waals surface area contributed by atoms with Crippen molar-refractivity contribution in [1.29, 1.82) is 0 Å². The van der Waals surface area contributed by atoms with Crippen molar-refractivity contribution in [2.24, 2.45) is 5.73 Å². The van der Waals surface area contributed by atoms with Crippen molar-refractivity contribution in [3.63, 3.8) is 0 Å². The molecule has 0 saturated heterocycles. The highest BCUT2D eigenvalue weighted by atomic mass is 79.9. The number of nitrogens with two attached hydrogens (primary N) is 1. The highest BCUT2D eigenvalue weighted by Gasteiger charge is 2.09. The SMILES string of the molecule is Cc1ccc(C(=O)NCCCN)cc1OCc1csc(Br)c1.Cl. The topological polar surface area (TPSA) is 64.4 Å². The van der Waals surface area contributed by atoms with Gasteiger partial charge in [-0.05, 0) is 65.0 Å². The van der Waals surface area contributed by atoms with Crippen molar-refractivity contribution in [2.75, 3.05) is 13.1 Å². The number of halogens is 2. The Morgan fingerprint density at radius 1 is 1.39 bits per heavy atom. The van der Waals surface area contributed by atoms with Crippen LogP contribution >= 0.6 is 39.7 Å². The highest BCUT2D eigenvalue weighted by Crippen LogP contribution is 2.24. The third kappa shape index (κ3) is 6.14. The second kappa shape index (κ2) is 9.93. The zero-order valence-electron chi connectivity index (χ0n) is 12.8. The Balaban J connectivity index is 0.00000264. The predicted octanol–water partition coefficient (Wildman–Crippen LogP) is 3.90. The number of amides is 1. The molecule has 0 bridgehead atoms. The Kier molecular flexibility index (Phi) is 8.62.